The van der Waals surface area contributed by atoms with E-state index in [9.17, 15) is 5.11 Å². The van der Waals surface area contributed by atoms with Crippen LogP contribution in [0.15, 0.2) is 54.7 Å². The minimum Gasteiger partial charge on any atom is -0.508 e. The average Bonchev–Trinajstić information content (AvgIpc) is 2.57. The van der Waals surface area contributed by atoms with Crippen molar-refractivity contribution in [2.24, 2.45) is 0 Å². The van der Waals surface area contributed by atoms with Gasteiger partial charge in [-0.2, -0.15) is 0 Å². The summed E-state index contributed by atoms with van der Waals surface area (Å²) in [6.07, 6.45) is 5.27. The molecule has 0 aliphatic carbocycles. The molecule has 0 spiro atoms. The third-order valence-electron chi connectivity index (χ3n) is 3.69. The normalized spacial score (nSPS) is 11.5. The van der Waals surface area contributed by atoms with Gasteiger partial charge in [-0.05, 0) is 41.8 Å². The van der Waals surface area contributed by atoms with Gasteiger partial charge in [-0.25, -0.2) is 0 Å². The number of nitrogens with one attached hydrogen (secondary N) is 1. The number of anilines is 1. The number of phenols is 1. The number of hydrogen-bond acceptors (Lipinski definition) is 4. The lowest BCUT2D eigenvalue weighted by Crippen LogP contribution is -2.15. The minimum atomic E-state index is 0.00249. The Morgan fingerprint density at radius 1 is 1.33 bits per heavy atom. The lowest BCUT2D eigenvalue weighted by molar-refractivity contribution is 0.475. The van der Waals surface area contributed by atoms with E-state index in [2.05, 4.69) is 36.9 Å². The Morgan fingerprint density at radius 2 is 2.08 bits per heavy atom. The van der Waals surface area contributed by atoms with Gasteiger partial charge in [0.2, 0.25) is 0 Å². The van der Waals surface area contributed by atoms with Gasteiger partial charge in [0, 0.05) is 17.1 Å². The average molecular weight is 338 g/mol. The van der Waals surface area contributed by atoms with Crippen LogP contribution in [-0.2, 0) is 0 Å². The highest BCUT2D eigenvalue weighted by atomic mass is 32.2. The minimum absolute atomic E-state index is 0.00249. The molecule has 124 valence electrons. The Labute approximate surface area is 148 Å². The van der Waals surface area contributed by atoms with Crippen molar-refractivity contribution < 1.29 is 5.11 Å². The second-order valence-electron chi connectivity index (χ2n) is 5.52. The molecular formula is C20H22N2OS. The standard InChI is InChI=1S/C20H22N2OS/c1-4-11-22-15(3)13-24-20(17-8-6-5-7-14(17)2)18-12-16(23)9-10-19(18)21/h1,5-10,12,20,22-23H,3,11,13,21H2,2H3. The van der Waals surface area contributed by atoms with Gasteiger partial charge in [0.1, 0.15) is 5.75 Å². The van der Waals surface area contributed by atoms with Crippen LogP contribution >= 0.6 is 11.8 Å². The fraction of sp³-hybridized carbons (Fsp3) is 0.200. The molecule has 24 heavy (non-hydrogen) atoms. The number of aromatic hydroxyl groups is 1. The zero-order valence-corrected chi connectivity index (χ0v) is 14.6. The van der Waals surface area contributed by atoms with Crippen molar-refractivity contribution >= 4 is 17.4 Å². The molecule has 0 aliphatic heterocycles. The van der Waals surface area contributed by atoms with Crippen molar-refractivity contribution in [1.29, 1.82) is 0 Å². The Hall–Kier alpha value is -2.51. The van der Waals surface area contributed by atoms with Gasteiger partial charge >= 0.3 is 0 Å². The van der Waals surface area contributed by atoms with Gasteiger partial charge < -0.3 is 16.2 Å². The predicted molar refractivity (Wildman–Crippen MR) is 104 cm³/mol. The number of thioether (sulfide) groups is 1. The molecule has 3 nitrogen and oxygen atoms in total. The molecule has 0 saturated carbocycles. The quantitative estimate of drug-likeness (QED) is 0.408. The monoisotopic (exact) mass is 338 g/mol. The first-order chi connectivity index (χ1) is 11.5. The van der Waals surface area contributed by atoms with E-state index in [1.54, 1.807) is 30.0 Å². The summed E-state index contributed by atoms with van der Waals surface area (Å²) in [5.41, 5.74) is 11.0. The molecule has 1 unspecified atom stereocenters. The van der Waals surface area contributed by atoms with Crippen molar-refractivity contribution in [3.63, 3.8) is 0 Å². The van der Waals surface area contributed by atoms with E-state index in [-0.39, 0.29) is 11.0 Å². The van der Waals surface area contributed by atoms with Crippen LogP contribution in [0.5, 0.6) is 5.75 Å². The van der Waals surface area contributed by atoms with E-state index < -0.39 is 0 Å². The summed E-state index contributed by atoms with van der Waals surface area (Å²) in [4.78, 5) is 0. The second-order valence-corrected chi connectivity index (χ2v) is 6.62. The zero-order chi connectivity index (χ0) is 17.5. The zero-order valence-electron chi connectivity index (χ0n) is 13.8. The Morgan fingerprint density at radius 3 is 2.79 bits per heavy atom. The van der Waals surface area contributed by atoms with E-state index in [0.29, 0.717) is 18.0 Å². The fourth-order valence-corrected chi connectivity index (χ4v) is 3.73. The van der Waals surface area contributed by atoms with E-state index in [0.717, 1.165) is 11.3 Å². The molecule has 0 aromatic heterocycles. The number of benzene rings is 2. The summed E-state index contributed by atoms with van der Waals surface area (Å²) >= 11 is 1.70. The van der Waals surface area contributed by atoms with E-state index in [4.69, 9.17) is 12.2 Å². The molecule has 2 aromatic carbocycles. The number of terminal acetylenes is 1. The highest BCUT2D eigenvalue weighted by Crippen LogP contribution is 2.41. The number of phenolic OH excluding ortho intramolecular Hbond substituents is 1. The highest BCUT2D eigenvalue weighted by molar-refractivity contribution is 7.99. The van der Waals surface area contributed by atoms with Crippen molar-refractivity contribution in [1.82, 2.24) is 5.32 Å². The number of hydrogen-bond donors (Lipinski definition) is 3. The van der Waals surface area contributed by atoms with Crippen LogP contribution in [0, 0.1) is 19.3 Å². The molecule has 0 aliphatic rings. The third-order valence-corrected chi connectivity index (χ3v) is 5.04. The first-order valence-corrected chi connectivity index (χ1v) is 8.68. The van der Waals surface area contributed by atoms with Crippen LogP contribution in [0.4, 0.5) is 5.69 Å². The van der Waals surface area contributed by atoms with Crippen molar-refractivity contribution in [2.45, 2.75) is 12.2 Å². The van der Waals surface area contributed by atoms with E-state index in [1.165, 1.54) is 11.1 Å². The number of aryl methyl sites for hydroxylation is 1. The topological polar surface area (TPSA) is 58.3 Å². The molecule has 0 saturated heterocycles. The Kier molecular flexibility index (Phi) is 6.22. The fourth-order valence-electron chi connectivity index (χ4n) is 2.43. The second kappa shape index (κ2) is 8.37. The lowest BCUT2D eigenvalue weighted by atomic mass is 9.98. The lowest BCUT2D eigenvalue weighted by Gasteiger charge is -2.22. The predicted octanol–water partition coefficient (Wildman–Crippen LogP) is 3.84. The van der Waals surface area contributed by atoms with Crippen LogP contribution in [0.1, 0.15) is 21.9 Å². The van der Waals surface area contributed by atoms with Gasteiger partial charge in [-0.15, -0.1) is 18.2 Å². The maximum Gasteiger partial charge on any atom is 0.116 e. The summed E-state index contributed by atoms with van der Waals surface area (Å²) in [7, 11) is 0. The number of nitrogens with two attached hydrogens (primary N) is 1. The largest absolute Gasteiger partial charge is 0.508 e. The van der Waals surface area contributed by atoms with Gasteiger partial charge in [0.05, 0.1) is 11.8 Å². The van der Waals surface area contributed by atoms with Gasteiger partial charge in [-0.3, -0.25) is 0 Å². The van der Waals surface area contributed by atoms with Gasteiger partial charge in [0.15, 0.2) is 0 Å². The molecule has 0 amide bonds. The van der Waals surface area contributed by atoms with Crippen molar-refractivity contribution in [3.8, 4) is 18.1 Å². The van der Waals surface area contributed by atoms with Crippen LogP contribution < -0.4 is 11.1 Å². The molecule has 0 heterocycles. The van der Waals surface area contributed by atoms with Crippen LogP contribution in [0.25, 0.3) is 0 Å². The summed E-state index contributed by atoms with van der Waals surface area (Å²) < 4.78 is 0. The Bertz CT molecular complexity index is 764. The first-order valence-electron chi connectivity index (χ1n) is 7.63. The summed E-state index contributed by atoms with van der Waals surface area (Å²) in [5.74, 6) is 3.44. The molecule has 1 atom stereocenters. The number of nitrogen functional groups attached to an aromatic ring is 1. The maximum absolute atomic E-state index is 9.88. The first kappa shape index (κ1) is 17.8. The molecule has 4 heteroatoms. The third kappa shape index (κ3) is 4.50. The van der Waals surface area contributed by atoms with E-state index in [1.807, 2.05) is 12.1 Å². The molecular weight excluding hydrogens is 316 g/mol. The molecule has 0 radical (unpaired) electrons. The summed E-state index contributed by atoms with van der Waals surface area (Å²) in [6.45, 7) is 6.54. The summed E-state index contributed by atoms with van der Waals surface area (Å²) in [6, 6.07) is 13.3. The van der Waals surface area contributed by atoms with Crippen LogP contribution in [-0.4, -0.2) is 17.4 Å². The number of rotatable bonds is 7. The molecule has 0 fully saturated rings. The summed E-state index contributed by atoms with van der Waals surface area (Å²) in [5, 5.41) is 13.0. The maximum atomic E-state index is 9.88. The highest BCUT2D eigenvalue weighted by Gasteiger charge is 2.20. The van der Waals surface area contributed by atoms with Gasteiger partial charge in [-0.1, -0.05) is 36.8 Å². The van der Waals surface area contributed by atoms with Crippen LogP contribution in [0.2, 0.25) is 0 Å². The SMILES string of the molecule is C#CCNC(=C)CSC(c1ccccc1C)c1cc(O)ccc1N. The van der Waals surface area contributed by atoms with Crippen LogP contribution in [0.3, 0.4) is 0 Å². The Balaban J connectivity index is 2.32. The smallest absolute Gasteiger partial charge is 0.116 e. The van der Waals surface area contributed by atoms with Gasteiger partial charge in [0.25, 0.3) is 0 Å². The molecule has 4 N–H and O–H groups in total. The molecule has 2 rings (SSSR count). The van der Waals surface area contributed by atoms with Crippen molar-refractivity contribution in [2.75, 3.05) is 18.0 Å². The van der Waals surface area contributed by atoms with E-state index >= 15 is 0 Å². The molecule has 0 bridgehead atoms. The van der Waals surface area contributed by atoms with Crippen molar-refractivity contribution in [3.05, 3.63) is 71.4 Å². The molecule has 2 aromatic rings.